The summed E-state index contributed by atoms with van der Waals surface area (Å²) in [4.78, 5) is 30.6. The molecule has 0 atom stereocenters. The maximum atomic E-state index is 12.8. The second kappa shape index (κ2) is 9.70. The Morgan fingerprint density at radius 1 is 0.793 bits per heavy atom. The molecule has 156 valence electrons. The van der Waals surface area contributed by atoms with Crippen molar-refractivity contribution in [2.75, 3.05) is 31.9 Å². The second-order valence-electron chi connectivity index (χ2n) is 8.16. The van der Waals surface area contributed by atoms with Gasteiger partial charge in [-0.3, -0.25) is 9.59 Å². The van der Waals surface area contributed by atoms with Crippen molar-refractivity contribution in [2.24, 2.45) is 0 Å². The van der Waals surface area contributed by atoms with Crippen LogP contribution in [0, 0.1) is 0 Å². The zero-order valence-electron chi connectivity index (χ0n) is 17.1. The van der Waals surface area contributed by atoms with Gasteiger partial charge in [-0.2, -0.15) is 0 Å². The molecule has 3 heterocycles. The molecule has 5 nitrogen and oxygen atoms in total. The monoisotopic (exact) mass is 413 g/mol. The van der Waals surface area contributed by atoms with Crippen molar-refractivity contribution >= 4 is 34.5 Å². The van der Waals surface area contributed by atoms with E-state index in [1.54, 1.807) is 11.8 Å². The number of rotatable bonds is 5. The summed E-state index contributed by atoms with van der Waals surface area (Å²) < 4.78 is 2.06. The highest BCUT2D eigenvalue weighted by Gasteiger charge is 2.20. The number of amides is 2. The lowest BCUT2D eigenvalue weighted by Gasteiger charge is -2.27. The summed E-state index contributed by atoms with van der Waals surface area (Å²) in [5.41, 5.74) is 1.07. The molecular formula is C23H31N3O2S. The summed E-state index contributed by atoms with van der Waals surface area (Å²) in [6.45, 7) is 3.92. The van der Waals surface area contributed by atoms with E-state index in [4.69, 9.17) is 0 Å². The van der Waals surface area contributed by atoms with Gasteiger partial charge < -0.3 is 14.4 Å². The summed E-state index contributed by atoms with van der Waals surface area (Å²) in [7, 11) is 0. The number of thioether (sulfide) groups is 1. The minimum absolute atomic E-state index is 0.197. The van der Waals surface area contributed by atoms with Crippen molar-refractivity contribution in [3.05, 3.63) is 30.5 Å². The van der Waals surface area contributed by atoms with Crippen molar-refractivity contribution in [3.8, 4) is 0 Å². The molecule has 0 spiro atoms. The van der Waals surface area contributed by atoms with E-state index in [-0.39, 0.29) is 11.8 Å². The highest BCUT2D eigenvalue weighted by Crippen LogP contribution is 2.30. The summed E-state index contributed by atoms with van der Waals surface area (Å²) in [5.74, 6) is 0.898. The Morgan fingerprint density at radius 2 is 1.38 bits per heavy atom. The number of carbonyl (C=O) groups excluding carboxylic acids is 2. The molecule has 2 fully saturated rings. The van der Waals surface area contributed by atoms with Gasteiger partial charge in [-0.1, -0.05) is 31.0 Å². The van der Waals surface area contributed by atoms with E-state index in [0.717, 1.165) is 67.7 Å². The van der Waals surface area contributed by atoms with Crippen molar-refractivity contribution in [2.45, 2.75) is 56.4 Å². The minimum Gasteiger partial charge on any atom is -0.342 e. The topological polar surface area (TPSA) is 45.6 Å². The fraction of sp³-hybridized carbons (Fsp3) is 0.565. The second-order valence-corrected chi connectivity index (χ2v) is 9.18. The quantitative estimate of drug-likeness (QED) is 0.692. The molecule has 29 heavy (non-hydrogen) atoms. The Labute approximate surface area is 177 Å². The summed E-state index contributed by atoms with van der Waals surface area (Å²) in [6, 6.07) is 8.20. The van der Waals surface area contributed by atoms with Crippen molar-refractivity contribution in [3.63, 3.8) is 0 Å². The molecule has 1 aromatic carbocycles. The fourth-order valence-electron chi connectivity index (χ4n) is 4.40. The molecule has 4 rings (SSSR count). The molecule has 2 aromatic rings. The normalized spacial score (nSPS) is 18.1. The van der Waals surface area contributed by atoms with Crippen LogP contribution in [0.3, 0.4) is 0 Å². The minimum atomic E-state index is 0.197. The average Bonchev–Trinajstić information content (AvgIpc) is 2.93. The third-order valence-electron chi connectivity index (χ3n) is 6.08. The van der Waals surface area contributed by atoms with Crippen molar-refractivity contribution < 1.29 is 9.59 Å². The number of fused-ring (bicyclic) bond motifs is 1. The highest BCUT2D eigenvalue weighted by molar-refractivity contribution is 8.00. The van der Waals surface area contributed by atoms with E-state index >= 15 is 0 Å². The lowest BCUT2D eigenvalue weighted by molar-refractivity contribution is -0.132. The van der Waals surface area contributed by atoms with E-state index in [1.807, 2.05) is 21.9 Å². The molecule has 1 aromatic heterocycles. The van der Waals surface area contributed by atoms with Crippen LogP contribution < -0.4 is 0 Å². The molecule has 2 saturated heterocycles. The first-order chi connectivity index (χ1) is 14.2. The molecule has 0 bridgehead atoms. The molecule has 0 saturated carbocycles. The molecule has 0 radical (unpaired) electrons. The van der Waals surface area contributed by atoms with Gasteiger partial charge in [0.15, 0.2) is 0 Å². The Balaban J connectivity index is 1.45. The smallest absolute Gasteiger partial charge is 0.242 e. The molecule has 2 amide bonds. The van der Waals surface area contributed by atoms with Gasteiger partial charge in [0, 0.05) is 48.2 Å². The van der Waals surface area contributed by atoms with Crippen molar-refractivity contribution in [1.82, 2.24) is 14.4 Å². The number of hydrogen-bond donors (Lipinski definition) is 0. The van der Waals surface area contributed by atoms with Gasteiger partial charge in [0.05, 0.1) is 5.75 Å². The third-order valence-corrected chi connectivity index (χ3v) is 7.10. The number of hydrogen-bond acceptors (Lipinski definition) is 3. The first-order valence-electron chi connectivity index (χ1n) is 11.0. The number of aromatic nitrogens is 1. The molecule has 0 unspecified atom stereocenters. The SMILES string of the molecule is O=C(CSc1cn(CC(=O)N2CCCCC2)c2ccccc12)N1CCCCCC1. The number of piperidine rings is 1. The summed E-state index contributed by atoms with van der Waals surface area (Å²) in [6.07, 6.45) is 10.2. The molecular weight excluding hydrogens is 382 g/mol. The summed E-state index contributed by atoms with van der Waals surface area (Å²) in [5, 5.41) is 1.13. The third kappa shape index (κ3) is 4.97. The number of carbonyl (C=O) groups is 2. The predicted molar refractivity (Wildman–Crippen MR) is 118 cm³/mol. The molecule has 2 aliphatic rings. The number of benzene rings is 1. The molecule has 0 aliphatic carbocycles. The largest absolute Gasteiger partial charge is 0.342 e. The van der Waals surface area contributed by atoms with Crippen LogP contribution in [0.25, 0.3) is 10.9 Å². The van der Waals surface area contributed by atoms with Gasteiger partial charge in [-0.05, 0) is 38.2 Å². The van der Waals surface area contributed by atoms with Crippen LogP contribution in [0.4, 0.5) is 0 Å². The fourth-order valence-corrected chi connectivity index (χ4v) is 5.39. The average molecular weight is 414 g/mol. The standard InChI is InChI=1S/C23H31N3O2S/c27-22(24-12-8-3-9-13-24)17-26-16-21(19-10-4-5-11-20(19)26)29-18-23(28)25-14-6-1-2-7-15-25/h4-5,10-11,16H,1-3,6-9,12-15,17-18H2. The van der Waals surface area contributed by atoms with E-state index in [1.165, 1.54) is 19.3 Å². The predicted octanol–water partition coefficient (Wildman–Crippen LogP) is 4.15. The van der Waals surface area contributed by atoms with Crippen LogP contribution in [-0.4, -0.2) is 58.1 Å². The molecule has 2 aliphatic heterocycles. The van der Waals surface area contributed by atoms with Gasteiger partial charge >= 0.3 is 0 Å². The Kier molecular flexibility index (Phi) is 6.80. The maximum absolute atomic E-state index is 12.8. The first-order valence-corrected chi connectivity index (χ1v) is 12.0. The van der Waals surface area contributed by atoms with E-state index in [0.29, 0.717) is 12.3 Å². The zero-order valence-corrected chi connectivity index (χ0v) is 18.0. The van der Waals surface area contributed by atoms with E-state index < -0.39 is 0 Å². The van der Waals surface area contributed by atoms with Gasteiger partial charge in [-0.15, -0.1) is 11.8 Å². The van der Waals surface area contributed by atoms with Crippen molar-refractivity contribution in [1.29, 1.82) is 0 Å². The molecule has 6 heteroatoms. The number of para-hydroxylation sites is 1. The first kappa shape index (κ1) is 20.3. The Bertz CT molecular complexity index is 849. The Hall–Kier alpha value is -1.95. The molecule has 0 N–H and O–H groups in total. The lowest BCUT2D eigenvalue weighted by Crippen LogP contribution is -2.37. The van der Waals surface area contributed by atoms with E-state index in [9.17, 15) is 9.59 Å². The number of nitrogens with zero attached hydrogens (tertiary/aromatic N) is 3. The zero-order chi connectivity index (χ0) is 20.1. The van der Waals surface area contributed by atoms with Crippen LogP contribution >= 0.6 is 11.8 Å². The van der Waals surface area contributed by atoms with Crippen LogP contribution in [-0.2, 0) is 16.1 Å². The van der Waals surface area contributed by atoms with Gasteiger partial charge in [0.2, 0.25) is 11.8 Å². The van der Waals surface area contributed by atoms with Gasteiger partial charge in [-0.25, -0.2) is 0 Å². The van der Waals surface area contributed by atoms with Gasteiger partial charge in [0.25, 0.3) is 0 Å². The van der Waals surface area contributed by atoms with Crippen LogP contribution in [0.15, 0.2) is 35.4 Å². The Morgan fingerprint density at radius 3 is 2.07 bits per heavy atom. The van der Waals surface area contributed by atoms with Crippen LogP contribution in [0.1, 0.15) is 44.9 Å². The van der Waals surface area contributed by atoms with Gasteiger partial charge in [0.1, 0.15) is 6.54 Å². The lowest BCUT2D eigenvalue weighted by atomic mass is 10.1. The maximum Gasteiger partial charge on any atom is 0.242 e. The van der Waals surface area contributed by atoms with Crippen LogP contribution in [0.5, 0.6) is 0 Å². The van der Waals surface area contributed by atoms with Crippen LogP contribution in [0.2, 0.25) is 0 Å². The highest BCUT2D eigenvalue weighted by atomic mass is 32.2. The number of likely N-dealkylation sites (tertiary alicyclic amines) is 2. The van der Waals surface area contributed by atoms with E-state index in [2.05, 4.69) is 22.9 Å². The summed E-state index contributed by atoms with van der Waals surface area (Å²) >= 11 is 1.61.